The summed E-state index contributed by atoms with van der Waals surface area (Å²) in [6.45, 7) is 5.63. The first-order chi connectivity index (χ1) is 15.0. The topological polar surface area (TPSA) is 88.8 Å². The monoisotopic (exact) mass is 453 g/mol. The van der Waals surface area contributed by atoms with Gasteiger partial charge in [-0.1, -0.05) is 17.4 Å². The number of rotatable bonds is 4. The molecule has 0 fully saturated rings. The Balaban J connectivity index is 1.38. The lowest BCUT2D eigenvalue weighted by Crippen LogP contribution is -2.29. The Labute approximate surface area is 187 Å². The van der Waals surface area contributed by atoms with E-state index < -0.39 is 0 Å². The van der Waals surface area contributed by atoms with Crippen LogP contribution < -0.4 is 5.32 Å². The molecule has 0 radical (unpaired) electrons. The summed E-state index contributed by atoms with van der Waals surface area (Å²) in [5.41, 5.74) is 7.63. The number of aryl methyl sites for hydroxylation is 1. The summed E-state index contributed by atoms with van der Waals surface area (Å²) >= 11 is 3.06. The molecule has 0 saturated heterocycles. The van der Waals surface area contributed by atoms with Crippen molar-refractivity contribution in [3.05, 3.63) is 40.5 Å². The number of hydrogen-bond donors (Lipinski definition) is 1. The Hall–Kier alpha value is -2.69. The van der Waals surface area contributed by atoms with Crippen LogP contribution in [0.1, 0.15) is 36.7 Å². The number of fused-ring (bicyclic) bond motifs is 2. The number of carbonyl (C=O) groups is 1. The smallest absolute Gasteiger partial charge is 0.223 e. The van der Waals surface area contributed by atoms with E-state index in [9.17, 15) is 4.79 Å². The van der Waals surface area contributed by atoms with Gasteiger partial charge in [0, 0.05) is 45.1 Å². The molecule has 1 atom stereocenters. The Bertz CT molecular complexity index is 1260. The summed E-state index contributed by atoms with van der Waals surface area (Å²) < 4.78 is 3.13. The van der Waals surface area contributed by atoms with Gasteiger partial charge in [-0.25, -0.2) is 4.98 Å². The van der Waals surface area contributed by atoms with Crippen LogP contribution in [0.15, 0.2) is 23.7 Å². The lowest BCUT2D eigenvalue weighted by Gasteiger charge is -2.28. The van der Waals surface area contributed by atoms with Crippen molar-refractivity contribution < 1.29 is 4.79 Å². The normalized spacial score (nSPS) is 15.6. The number of nitrogens with zero attached hydrogens (tertiary/aromatic N) is 6. The molecule has 31 heavy (non-hydrogen) atoms. The number of amides is 1. The van der Waals surface area contributed by atoms with E-state index in [0.29, 0.717) is 11.2 Å². The quantitative estimate of drug-likeness (QED) is 0.507. The first kappa shape index (κ1) is 20.2. The molecule has 1 aliphatic rings. The molecule has 1 amide bonds. The third-order valence-corrected chi connectivity index (χ3v) is 7.46. The van der Waals surface area contributed by atoms with Crippen LogP contribution in [0, 0.1) is 0 Å². The molecular formula is C21H23N7OS2. The highest BCUT2D eigenvalue weighted by Gasteiger charge is 2.26. The fraction of sp³-hybridized carbons (Fsp3) is 0.381. The van der Waals surface area contributed by atoms with Crippen molar-refractivity contribution in [3.63, 3.8) is 0 Å². The lowest BCUT2D eigenvalue weighted by atomic mass is 10.1. The molecule has 5 rings (SSSR count). The molecule has 10 heteroatoms. The molecule has 0 bridgehead atoms. The molecule has 3 aromatic heterocycles. The zero-order chi connectivity index (χ0) is 21.5. The highest BCUT2D eigenvalue weighted by atomic mass is 32.1. The van der Waals surface area contributed by atoms with Gasteiger partial charge in [0.2, 0.25) is 11.0 Å². The molecule has 1 N–H and O–H groups in total. The van der Waals surface area contributed by atoms with Crippen LogP contribution in [0.25, 0.3) is 20.9 Å². The van der Waals surface area contributed by atoms with Gasteiger partial charge in [-0.15, -0.1) is 21.5 Å². The van der Waals surface area contributed by atoms with Gasteiger partial charge in [0.15, 0.2) is 5.01 Å². The second-order valence-electron chi connectivity index (χ2n) is 7.78. The first-order valence-electron chi connectivity index (χ1n) is 10.2. The van der Waals surface area contributed by atoms with E-state index in [0.717, 1.165) is 47.8 Å². The lowest BCUT2D eigenvalue weighted by molar-refractivity contribution is -0.114. The van der Waals surface area contributed by atoms with E-state index >= 15 is 0 Å². The summed E-state index contributed by atoms with van der Waals surface area (Å²) in [5.74, 6) is -0.146. The van der Waals surface area contributed by atoms with Crippen molar-refractivity contribution in [1.29, 1.82) is 0 Å². The summed E-state index contributed by atoms with van der Waals surface area (Å²) in [4.78, 5) is 18.3. The minimum absolute atomic E-state index is 0.146. The van der Waals surface area contributed by atoms with Gasteiger partial charge in [0.1, 0.15) is 5.69 Å². The molecule has 4 aromatic rings. The van der Waals surface area contributed by atoms with E-state index in [1.165, 1.54) is 34.1 Å². The van der Waals surface area contributed by atoms with Crippen LogP contribution in [0.3, 0.4) is 0 Å². The van der Waals surface area contributed by atoms with Crippen LogP contribution in [-0.2, 0) is 24.7 Å². The Morgan fingerprint density at radius 2 is 2.06 bits per heavy atom. The zero-order valence-corrected chi connectivity index (χ0v) is 19.3. The van der Waals surface area contributed by atoms with Crippen LogP contribution in [0.5, 0.6) is 0 Å². The molecular weight excluding hydrogens is 430 g/mol. The summed E-state index contributed by atoms with van der Waals surface area (Å²) in [7, 11) is 1.95. The minimum atomic E-state index is -0.146. The van der Waals surface area contributed by atoms with Crippen LogP contribution in [0.2, 0.25) is 0 Å². The number of anilines is 1. The minimum Gasteiger partial charge on any atom is -0.301 e. The maximum Gasteiger partial charge on any atom is 0.223 e. The fourth-order valence-electron chi connectivity index (χ4n) is 4.22. The third-order valence-electron chi connectivity index (χ3n) is 5.81. The van der Waals surface area contributed by atoms with Gasteiger partial charge in [0.05, 0.1) is 21.4 Å². The van der Waals surface area contributed by atoms with Gasteiger partial charge in [-0.3, -0.25) is 14.4 Å². The van der Waals surface area contributed by atoms with E-state index in [2.05, 4.69) is 50.5 Å². The molecule has 1 unspecified atom stereocenters. The molecule has 0 spiro atoms. The van der Waals surface area contributed by atoms with Gasteiger partial charge in [-0.05, 0) is 31.0 Å². The maximum absolute atomic E-state index is 11.3. The standard InChI is InChI=1S/C21H23N7OS2/c1-12(14-4-5-18-17(10-14)22-11-30-18)28-8-6-15-16(7-9-28)26-27(3)19(15)20-24-25-21(31-20)23-13(2)29/h4-5,10-12H,6-9H2,1-3H3,(H,23,25,29). The average Bonchev–Trinajstić information content (AvgIpc) is 3.42. The van der Waals surface area contributed by atoms with E-state index in [1.54, 1.807) is 11.3 Å². The van der Waals surface area contributed by atoms with Crippen molar-refractivity contribution in [2.75, 3.05) is 18.4 Å². The molecule has 160 valence electrons. The Morgan fingerprint density at radius 3 is 2.90 bits per heavy atom. The van der Waals surface area contributed by atoms with Gasteiger partial charge in [-0.2, -0.15) is 5.10 Å². The largest absolute Gasteiger partial charge is 0.301 e. The van der Waals surface area contributed by atoms with Crippen LogP contribution in [-0.4, -0.2) is 48.9 Å². The summed E-state index contributed by atoms with van der Waals surface area (Å²) in [6, 6.07) is 6.91. The molecule has 8 nitrogen and oxygen atoms in total. The van der Waals surface area contributed by atoms with Crippen molar-refractivity contribution >= 4 is 43.9 Å². The highest BCUT2D eigenvalue weighted by molar-refractivity contribution is 7.18. The third kappa shape index (κ3) is 3.86. The number of benzene rings is 1. The second kappa shape index (κ2) is 8.10. The summed E-state index contributed by atoms with van der Waals surface area (Å²) in [6.07, 6.45) is 1.79. The molecule has 0 aliphatic carbocycles. The molecule has 1 aliphatic heterocycles. The van der Waals surface area contributed by atoms with E-state index in [1.807, 2.05) is 17.2 Å². The van der Waals surface area contributed by atoms with Gasteiger partial charge in [0.25, 0.3) is 0 Å². The molecule has 0 saturated carbocycles. The maximum atomic E-state index is 11.3. The van der Waals surface area contributed by atoms with Gasteiger partial charge >= 0.3 is 0 Å². The zero-order valence-electron chi connectivity index (χ0n) is 17.6. The average molecular weight is 454 g/mol. The van der Waals surface area contributed by atoms with Crippen molar-refractivity contribution in [3.8, 4) is 10.7 Å². The van der Waals surface area contributed by atoms with Crippen LogP contribution in [0.4, 0.5) is 5.13 Å². The number of nitrogens with one attached hydrogen (secondary N) is 1. The van der Waals surface area contributed by atoms with Crippen molar-refractivity contribution in [2.45, 2.75) is 32.7 Å². The second-order valence-corrected chi connectivity index (χ2v) is 9.65. The summed E-state index contributed by atoms with van der Waals surface area (Å²) in [5, 5.41) is 17.2. The van der Waals surface area contributed by atoms with Crippen molar-refractivity contribution in [1.82, 2.24) is 29.9 Å². The van der Waals surface area contributed by atoms with Crippen molar-refractivity contribution in [2.24, 2.45) is 7.05 Å². The Kier molecular flexibility index (Phi) is 5.28. The van der Waals surface area contributed by atoms with Crippen LogP contribution >= 0.6 is 22.7 Å². The fourth-order valence-corrected chi connectivity index (χ4v) is 5.78. The molecule has 4 heterocycles. The van der Waals surface area contributed by atoms with Gasteiger partial charge < -0.3 is 5.32 Å². The number of thiazole rings is 1. The SMILES string of the molecule is CC(=O)Nc1nnc(-c2c3c(nn2C)CCN(C(C)c2ccc4scnc4c2)CC3)s1. The number of hydrogen-bond acceptors (Lipinski definition) is 8. The Morgan fingerprint density at radius 1 is 1.23 bits per heavy atom. The van der Waals surface area contributed by atoms with E-state index in [-0.39, 0.29) is 5.91 Å². The van der Waals surface area contributed by atoms with E-state index in [4.69, 9.17) is 5.10 Å². The predicted molar refractivity (Wildman–Crippen MR) is 123 cm³/mol. The molecule has 1 aromatic carbocycles. The number of carbonyl (C=O) groups excluding carboxylic acids is 1. The first-order valence-corrected chi connectivity index (χ1v) is 11.9. The number of aromatic nitrogens is 5. The predicted octanol–water partition coefficient (Wildman–Crippen LogP) is 3.67. The highest BCUT2D eigenvalue weighted by Crippen LogP contribution is 2.34.